The lowest BCUT2D eigenvalue weighted by molar-refractivity contribution is -0.135. The second-order valence-electron chi connectivity index (χ2n) is 7.52. The highest BCUT2D eigenvalue weighted by molar-refractivity contribution is 6.30. The summed E-state index contributed by atoms with van der Waals surface area (Å²) in [6.45, 7) is 8.28. The Balaban J connectivity index is 1.77. The first-order valence-corrected chi connectivity index (χ1v) is 9.67. The van der Waals surface area contributed by atoms with Gasteiger partial charge in [0.25, 0.3) is 0 Å². The van der Waals surface area contributed by atoms with Crippen molar-refractivity contribution in [1.29, 1.82) is 0 Å². The molecule has 0 radical (unpaired) electrons. The van der Waals surface area contributed by atoms with Gasteiger partial charge in [-0.25, -0.2) is 0 Å². The number of rotatable bonds is 7. The van der Waals surface area contributed by atoms with Gasteiger partial charge in [-0.05, 0) is 58.5 Å². The average Bonchev–Trinajstić information content (AvgIpc) is 2.55. The van der Waals surface area contributed by atoms with Crippen LogP contribution >= 0.6 is 11.6 Å². The molecule has 0 spiro atoms. The van der Waals surface area contributed by atoms with E-state index in [2.05, 4.69) is 42.6 Å². The summed E-state index contributed by atoms with van der Waals surface area (Å²) in [6.07, 6.45) is 2.45. The normalized spacial score (nSPS) is 21.8. The zero-order valence-electron chi connectivity index (χ0n) is 16.0. The van der Waals surface area contributed by atoms with E-state index in [1.807, 2.05) is 24.3 Å². The van der Waals surface area contributed by atoms with Crippen LogP contribution in [0.1, 0.15) is 32.3 Å². The van der Waals surface area contributed by atoms with E-state index in [4.69, 9.17) is 11.6 Å². The van der Waals surface area contributed by atoms with Gasteiger partial charge in [-0.1, -0.05) is 23.7 Å². The lowest BCUT2D eigenvalue weighted by Crippen LogP contribution is -2.59. The third kappa shape index (κ3) is 6.28. The number of nitrogens with zero attached hydrogens (tertiary/aromatic N) is 3. The Morgan fingerprint density at radius 3 is 2.32 bits per heavy atom. The molecule has 5 heteroatoms. The summed E-state index contributed by atoms with van der Waals surface area (Å²) in [4.78, 5) is 19.4. The van der Waals surface area contributed by atoms with Crippen molar-refractivity contribution in [3.63, 3.8) is 0 Å². The maximum absolute atomic E-state index is 12.6. The fourth-order valence-electron chi connectivity index (χ4n) is 3.57. The van der Waals surface area contributed by atoms with Gasteiger partial charge >= 0.3 is 0 Å². The molecule has 4 nitrogen and oxygen atoms in total. The van der Waals surface area contributed by atoms with Gasteiger partial charge in [-0.3, -0.25) is 9.69 Å². The van der Waals surface area contributed by atoms with Crippen LogP contribution < -0.4 is 0 Å². The van der Waals surface area contributed by atoms with Crippen LogP contribution in [0.3, 0.4) is 0 Å². The van der Waals surface area contributed by atoms with E-state index >= 15 is 0 Å². The first-order chi connectivity index (χ1) is 11.9. The Kier molecular flexibility index (Phi) is 7.73. The van der Waals surface area contributed by atoms with Crippen molar-refractivity contribution in [2.45, 2.75) is 45.2 Å². The molecule has 1 saturated heterocycles. The highest BCUT2D eigenvalue weighted by Crippen LogP contribution is 2.17. The van der Waals surface area contributed by atoms with E-state index in [1.165, 1.54) is 5.56 Å². The van der Waals surface area contributed by atoms with Crippen LogP contribution in [-0.2, 0) is 11.2 Å². The quantitative estimate of drug-likeness (QED) is 0.742. The molecule has 1 aromatic carbocycles. The predicted octanol–water partition coefficient (Wildman–Crippen LogP) is 3.15. The molecular formula is C20H32ClN3O. The lowest BCUT2D eigenvalue weighted by atomic mass is 10.1. The fourth-order valence-corrected chi connectivity index (χ4v) is 3.70. The summed E-state index contributed by atoms with van der Waals surface area (Å²) in [5.41, 5.74) is 1.24. The van der Waals surface area contributed by atoms with Crippen molar-refractivity contribution in [2.75, 3.05) is 40.3 Å². The minimum absolute atomic E-state index is 0.292. The summed E-state index contributed by atoms with van der Waals surface area (Å²) >= 11 is 5.91. The molecule has 0 aromatic heterocycles. The largest absolute Gasteiger partial charge is 0.340 e. The summed E-state index contributed by atoms with van der Waals surface area (Å²) in [5, 5.41) is 0.759. The molecule has 2 rings (SSSR count). The van der Waals surface area contributed by atoms with Gasteiger partial charge in [-0.2, -0.15) is 0 Å². The number of hydrogen-bond donors (Lipinski definition) is 0. The third-order valence-electron chi connectivity index (χ3n) is 5.03. The second-order valence-corrected chi connectivity index (χ2v) is 7.95. The van der Waals surface area contributed by atoms with Crippen molar-refractivity contribution in [3.05, 3.63) is 34.9 Å². The standard InChI is InChI=1S/C20H32ClN3O/c1-16-14-23(15-17(2)24(16)13-12-22(3)4)20(25)7-5-6-18-8-10-19(21)11-9-18/h8-11,16-17H,5-7,12-15H2,1-4H3. The Hall–Kier alpha value is -1.10. The number of carbonyl (C=O) groups is 1. The summed E-state index contributed by atoms with van der Waals surface area (Å²) in [5.74, 6) is 0.292. The van der Waals surface area contributed by atoms with Crippen LogP contribution in [0.5, 0.6) is 0 Å². The topological polar surface area (TPSA) is 26.8 Å². The van der Waals surface area contributed by atoms with Crippen molar-refractivity contribution < 1.29 is 4.79 Å². The third-order valence-corrected chi connectivity index (χ3v) is 5.28. The fraction of sp³-hybridized carbons (Fsp3) is 0.650. The monoisotopic (exact) mass is 365 g/mol. The zero-order chi connectivity index (χ0) is 18.4. The second kappa shape index (κ2) is 9.56. The Labute approximate surface area is 157 Å². The molecule has 2 atom stereocenters. The van der Waals surface area contributed by atoms with Crippen LogP contribution in [0.25, 0.3) is 0 Å². The average molecular weight is 366 g/mol. The van der Waals surface area contributed by atoms with Gasteiger partial charge < -0.3 is 9.80 Å². The van der Waals surface area contributed by atoms with E-state index in [-0.39, 0.29) is 0 Å². The SMILES string of the molecule is CC1CN(C(=O)CCCc2ccc(Cl)cc2)CC(C)N1CCN(C)C. The number of piperazine rings is 1. The maximum atomic E-state index is 12.6. The number of amides is 1. The number of carbonyl (C=O) groups excluding carboxylic acids is 1. The molecule has 0 saturated carbocycles. The number of hydrogen-bond acceptors (Lipinski definition) is 3. The lowest BCUT2D eigenvalue weighted by Gasteiger charge is -2.45. The smallest absolute Gasteiger partial charge is 0.222 e. The predicted molar refractivity (Wildman–Crippen MR) is 105 cm³/mol. The molecule has 140 valence electrons. The number of halogens is 1. The first kappa shape index (κ1) is 20.2. The van der Waals surface area contributed by atoms with Crippen molar-refractivity contribution in [1.82, 2.24) is 14.7 Å². The van der Waals surface area contributed by atoms with Gasteiger partial charge in [0.2, 0.25) is 5.91 Å². The molecule has 25 heavy (non-hydrogen) atoms. The van der Waals surface area contributed by atoms with Crippen LogP contribution in [0.4, 0.5) is 0 Å². The first-order valence-electron chi connectivity index (χ1n) is 9.29. The van der Waals surface area contributed by atoms with Crippen LogP contribution in [0.15, 0.2) is 24.3 Å². The zero-order valence-corrected chi connectivity index (χ0v) is 16.8. The Bertz CT molecular complexity index is 534. The highest BCUT2D eigenvalue weighted by Gasteiger charge is 2.31. The summed E-state index contributed by atoms with van der Waals surface area (Å²) in [6, 6.07) is 8.75. The molecule has 1 aromatic rings. The molecule has 1 aliphatic rings. The van der Waals surface area contributed by atoms with E-state index in [0.29, 0.717) is 24.4 Å². The van der Waals surface area contributed by atoms with E-state index in [9.17, 15) is 4.79 Å². The number of aryl methyl sites for hydroxylation is 1. The number of benzene rings is 1. The molecule has 1 fully saturated rings. The minimum atomic E-state index is 0.292. The van der Waals surface area contributed by atoms with Gasteiger partial charge in [-0.15, -0.1) is 0 Å². The van der Waals surface area contributed by atoms with Gasteiger partial charge in [0, 0.05) is 49.7 Å². The van der Waals surface area contributed by atoms with Crippen LogP contribution in [0.2, 0.25) is 5.02 Å². The van der Waals surface area contributed by atoms with Crippen molar-refractivity contribution in [2.24, 2.45) is 0 Å². The van der Waals surface area contributed by atoms with Crippen LogP contribution in [-0.4, -0.2) is 73.0 Å². The van der Waals surface area contributed by atoms with E-state index in [0.717, 1.165) is 44.0 Å². The summed E-state index contributed by atoms with van der Waals surface area (Å²) in [7, 11) is 4.21. The Morgan fingerprint density at radius 2 is 1.76 bits per heavy atom. The summed E-state index contributed by atoms with van der Waals surface area (Å²) < 4.78 is 0. The van der Waals surface area contributed by atoms with Gasteiger partial charge in [0.1, 0.15) is 0 Å². The van der Waals surface area contributed by atoms with E-state index < -0.39 is 0 Å². The number of likely N-dealkylation sites (N-methyl/N-ethyl adjacent to an activating group) is 1. The molecule has 1 aliphatic heterocycles. The molecule has 0 aliphatic carbocycles. The molecule has 0 N–H and O–H groups in total. The van der Waals surface area contributed by atoms with E-state index in [1.54, 1.807) is 0 Å². The molecule has 2 unspecified atom stereocenters. The molecule has 1 amide bonds. The Morgan fingerprint density at radius 1 is 1.16 bits per heavy atom. The van der Waals surface area contributed by atoms with Gasteiger partial charge in [0.05, 0.1) is 0 Å². The highest BCUT2D eigenvalue weighted by atomic mass is 35.5. The van der Waals surface area contributed by atoms with Gasteiger partial charge in [0.15, 0.2) is 0 Å². The molecule has 0 bridgehead atoms. The van der Waals surface area contributed by atoms with Crippen LogP contribution in [0, 0.1) is 0 Å². The minimum Gasteiger partial charge on any atom is -0.340 e. The molecule has 1 heterocycles. The maximum Gasteiger partial charge on any atom is 0.222 e. The van der Waals surface area contributed by atoms with Crippen molar-refractivity contribution in [3.8, 4) is 0 Å². The molecular weight excluding hydrogens is 334 g/mol. The van der Waals surface area contributed by atoms with Crippen molar-refractivity contribution >= 4 is 17.5 Å².